The van der Waals surface area contributed by atoms with Gasteiger partial charge in [0.2, 0.25) is 0 Å². The fraction of sp³-hybridized carbons (Fsp3) is 0.462. The molecule has 1 aromatic rings. The van der Waals surface area contributed by atoms with E-state index in [4.69, 9.17) is 0 Å². The molecule has 1 amide bonds. The van der Waals surface area contributed by atoms with Crippen LogP contribution in [0.5, 0.6) is 0 Å². The third-order valence-electron chi connectivity index (χ3n) is 3.89. The van der Waals surface area contributed by atoms with Crippen LogP contribution in [0.25, 0.3) is 0 Å². The van der Waals surface area contributed by atoms with Gasteiger partial charge in [0.1, 0.15) is 0 Å². The number of hydrogen-bond donors (Lipinski definition) is 1. The molecule has 2 aliphatic rings. The number of fused-ring (bicyclic) bond motifs is 2. The second kappa shape index (κ2) is 2.84. The number of amides is 1. The highest BCUT2D eigenvalue weighted by Crippen LogP contribution is 2.46. The maximum atomic E-state index is 11.7. The summed E-state index contributed by atoms with van der Waals surface area (Å²) in [5.74, 6) is 0.0996. The molecule has 0 aromatic heterocycles. The number of nitrogens with one attached hydrogen (secondary N) is 1. The van der Waals surface area contributed by atoms with Crippen LogP contribution in [-0.2, 0) is 5.41 Å². The van der Waals surface area contributed by atoms with Gasteiger partial charge in [-0.1, -0.05) is 24.1 Å². The lowest BCUT2D eigenvalue weighted by atomic mass is 9.62. The van der Waals surface area contributed by atoms with E-state index in [1.54, 1.807) is 0 Å². The molecule has 3 rings (SSSR count). The van der Waals surface area contributed by atoms with Crippen molar-refractivity contribution in [3.8, 4) is 0 Å². The fourth-order valence-corrected chi connectivity index (χ4v) is 2.78. The molecule has 1 aliphatic carbocycles. The SMILES string of the molecule is Cc1ccc2c(c1)C1(CCC1)CNC2=O. The van der Waals surface area contributed by atoms with Crippen molar-refractivity contribution in [2.45, 2.75) is 31.6 Å². The van der Waals surface area contributed by atoms with Crippen molar-refractivity contribution >= 4 is 5.91 Å². The highest BCUT2D eigenvalue weighted by molar-refractivity contribution is 5.97. The summed E-state index contributed by atoms with van der Waals surface area (Å²) < 4.78 is 0. The molecule has 1 aliphatic heterocycles. The molecule has 0 radical (unpaired) electrons. The Kier molecular flexibility index (Phi) is 1.70. The standard InChI is InChI=1S/C13H15NO/c1-9-3-4-10-11(7-9)13(5-2-6-13)8-14-12(10)15/h3-4,7H,2,5-6,8H2,1H3,(H,14,15). The van der Waals surface area contributed by atoms with Gasteiger partial charge in [-0.25, -0.2) is 0 Å². The minimum atomic E-state index is 0.0996. The molecule has 15 heavy (non-hydrogen) atoms. The van der Waals surface area contributed by atoms with Gasteiger partial charge in [0.05, 0.1) is 0 Å². The van der Waals surface area contributed by atoms with E-state index >= 15 is 0 Å². The number of aryl methyl sites for hydroxylation is 1. The fourth-order valence-electron chi connectivity index (χ4n) is 2.78. The zero-order chi connectivity index (χ0) is 10.5. The Morgan fingerprint density at radius 1 is 1.33 bits per heavy atom. The van der Waals surface area contributed by atoms with Crippen molar-refractivity contribution in [2.24, 2.45) is 0 Å². The van der Waals surface area contributed by atoms with Crippen LogP contribution in [0.2, 0.25) is 0 Å². The maximum Gasteiger partial charge on any atom is 0.251 e. The Hall–Kier alpha value is -1.31. The van der Waals surface area contributed by atoms with Gasteiger partial charge in [-0.15, -0.1) is 0 Å². The first-order chi connectivity index (χ1) is 7.21. The highest BCUT2D eigenvalue weighted by atomic mass is 16.1. The molecule has 0 saturated heterocycles. The molecule has 1 heterocycles. The second-order valence-corrected chi connectivity index (χ2v) is 4.87. The average molecular weight is 201 g/mol. The first-order valence-electron chi connectivity index (χ1n) is 5.61. The Labute approximate surface area is 89.7 Å². The van der Waals surface area contributed by atoms with Gasteiger partial charge in [0.25, 0.3) is 5.91 Å². The predicted octanol–water partition coefficient (Wildman–Crippen LogP) is 2.16. The van der Waals surface area contributed by atoms with E-state index in [-0.39, 0.29) is 11.3 Å². The molecule has 0 bridgehead atoms. The minimum Gasteiger partial charge on any atom is -0.351 e. The Morgan fingerprint density at radius 2 is 2.13 bits per heavy atom. The molecule has 0 atom stereocenters. The molecule has 1 fully saturated rings. The van der Waals surface area contributed by atoms with E-state index in [0.29, 0.717) is 0 Å². The van der Waals surface area contributed by atoms with Gasteiger partial charge < -0.3 is 5.32 Å². The Bertz CT molecular complexity index is 432. The number of carbonyl (C=O) groups excluding carboxylic acids is 1. The van der Waals surface area contributed by atoms with E-state index in [2.05, 4.69) is 18.3 Å². The van der Waals surface area contributed by atoms with E-state index < -0.39 is 0 Å². The van der Waals surface area contributed by atoms with E-state index in [9.17, 15) is 4.79 Å². The lowest BCUT2D eigenvalue weighted by Crippen LogP contribution is -2.50. The summed E-state index contributed by atoms with van der Waals surface area (Å²) in [5, 5.41) is 3.01. The maximum absolute atomic E-state index is 11.7. The van der Waals surface area contributed by atoms with Crippen molar-refractivity contribution in [1.82, 2.24) is 5.32 Å². The molecule has 1 saturated carbocycles. The van der Waals surface area contributed by atoms with E-state index in [1.165, 1.54) is 30.4 Å². The minimum absolute atomic E-state index is 0.0996. The van der Waals surface area contributed by atoms with Crippen LogP contribution < -0.4 is 5.32 Å². The van der Waals surface area contributed by atoms with Crippen LogP contribution in [-0.4, -0.2) is 12.5 Å². The molecular formula is C13H15NO. The number of hydrogen-bond acceptors (Lipinski definition) is 1. The lowest BCUT2D eigenvalue weighted by molar-refractivity contribution is 0.0896. The molecule has 78 valence electrons. The Morgan fingerprint density at radius 3 is 2.80 bits per heavy atom. The van der Waals surface area contributed by atoms with E-state index in [0.717, 1.165) is 12.1 Å². The van der Waals surface area contributed by atoms with Crippen molar-refractivity contribution in [3.05, 3.63) is 34.9 Å². The molecule has 1 N–H and O–H groups in total. The summed E-state index contributed by atoms with van der Waals surface area (Å²) in [6, 6.07) is 6.20. The summed E-state index contributed by atoms with van der Waals surface area (Å²) in [5.41, 5.74) is 3.72. The number of carbonyl (C=O) groups is 1. The first-order valence-corrected chi connectivity index (χ1v) is 5.61. The van der Waals surface area contributed by atoms with Crippen LogP contribution in [0.1, 0.15) is 40.7 Å². The largest absolute Gasteiger partial charge is 0.351 e. The van der Waals surface area contributed by atoms with Gasteiger partial charge in [0.15, 0.2) is 0 Å². The average Bonchev–Trinajstić information content (AvgIpc) is 2.15. The monoisotopic (exact) mass is 201 g/mol. The van der Waals surface area contributed by atoms with Crippen LogP contribution >= 0.6 is 0 Å². The van der Waals surface area contributed by atoms with Gasteiger partial charge >= 0.3 is 0 Å². The third kappa shape index (κ3) is 1.14. The molecule has 2 nitrogen and oxygen atoms in total. The zero-order valence-corrected chi connectivity index (χ0v) is 8.97. The third-order valence-corrected chi connectivity index (χ3v) is 3.89. The zero-order valence-electron chi connectivity index (χ0n) is 8.97. The van der Waals surface area contributed by atoms with Gasteiger partial charge in [-0.2, -0.15) is 0 Å². The first kappa shape index (κ1) is 8.96. The molecule has 0 unspecified atom stereocenters. The summed E-state index contributed by atoms with van der Waals surface area (Å²) in [7, 11) is 0. The van der Waals surface area contributed by atoms with E-state index in [1.807, 2.05) is 12.1 Å². The topological polar surface area (TPSA) is 29.1 Å². The summed E-state index contributed by atoms with van der Waals surface area (Å²) in [6.45, 7) is 2.93. The van der Waals surface area contributed by atoms with Gasteiger partial charge in [0, 0.05) is 17.5 Å². The van der Waals surface area contributed by atoms with Crippen LogP contribution in [0.3, 0.4) is 0 Å². The summed E-state index contributed by atoms with van der Waals surface area (Å²) >= 11 is 0. The Balaban J connectivity index is 2.18. The predicted molar refractivity (Wildman–Crippen MR) is 59.0 cm³/mol. The van der Waals surface area contributed by atoms with Crippen molar-refractivity contribution < 1.29 is 4.79 Å². The lowest BCUT2D eigenvalue weighted by Gasteiger charge is -2.46. The van der Waals surface area contributed by atoms with Crippen molar-refractivity contribution in [2.75, 3.05) is 6.54 Å². The van der Waals surface area contributed by atoms with Crippen LogP contribution in [0, 0.1) is 6.92 Å². The molecule has 1 spiro atoms. The number of rotatable bonds is 0. The smallest absolute Gasteiger partial charge is 0.251 e. The van der Waals surface area contributed by atoms with Gasteiger partial charge in [-0.3, -0.25) is 4.79 Å². The van der Waals surface area contributed by atoms with Crippen molar-refractivity contribution in [3.63, 3.8) is 0 Å². The normalized spacial score (nSPS) is 21.8. The molecular weight excluding hydrogens is 186 g/mol. The number of benzene rings is 1. The molecule has 2 heteroatoms. The summed E-state index contributed by atoms with van der Waals surface area (Å²) in [6.07, 6.45) is 3.75. The second-order valence-electron chi connectivity index (χ2n) is 4.87. The van der Waals surface area contributed by atoms with Crippen LogP contribution in [0.15, 0.2) is 18.2 Å². The highest BCUT2D eigenvalue weighted by Gasteiger charge is 2.43. The quantitative estimate of drug-likeness (QED) is 0.684. The van der Waals surface area contributed by atoms with Gasteiger partial charge in [-0.05, 0) is 31.4 Å². The van der Waals surface area contributed by atoms with Crippen LogP contribution in [0.4, 0.5) is 0 Å². The molecule has 1 aromatic carbocycles. The van der Waals surface area contributed by atoms with Crippen molar-refractivity contribution in [1.29, 1.82) is 0 Å². The summed E-state index contributed by atoms with van der Waals surface area (Å²) in [4.78, 5) is 11.7.